The summed E-state index contributed by atoms with van der Waals surface area (Å²) in [4.78, 5) is 0. The van der Waals surface area contributed by atoms with E-state index in [1.54, 1.807) is 0 Å². The highest BCUT2D eigenvalue weighted by molar-refractivity contribution is 7.80. The molecule has 1 aliphatic rings. The van der Waals surface area contributed by atoms with Crippen LogP contribution in [-0.4, -0.2) is 10.8 Å². The summed E-state index contributed by atoms with van der Waals surface area (Å²) in [5, 5.41) is 4.54. The maximum absolute atomic E-state index is 5.34. The third-order valence-electron chi connectivity index (χ3n) is 2.74. The van der Waals surface area contributed by atoms with Crippen LogP contribution in [0.4, 0.5) is 0 Å². The number of hydrazone groups is 1. The Bertz CT molecular complexity index is 236. The van der Waals surface area contributed by atoms with E-state index < -0.39 is 0 Å². The van der Waals surface area contributed by atoms with Gasteiger partial charge in [-0.15, -0.1) is 0 Å². The summed E-state index contributed by atoms with van der Waals surface area (Å²) >= 11 is 4.73. The Hall–Kier alpha value is -0.640. The van der Waals surface area contributed by atoms with Crippen molar-refractivity contribution in [3.05, 3.63) is 0 Å². The Morgan fingerprint density at radius 3 is 2.86 bits per heavy atom. The van der Waals surface area contributed by atoms with Crippen molar-refractivity contribution in [2.75, 3.05) is 0 Å². The molecule has 1 aliphatic carbocycles. The lowest BCUT2D eigenvalue weighted by molar-refractivity contribution is 0.414. The molecular formula is C10H19N3S. The molecule has 4 heteroatoms. The van der Waals surface area contributed by atoms with Crippen LogP contribution in [0.1, 0.15) is 39.5 Å². The lowest BCUT2D eigenvalue weighted by atomic mass is 9.80. The SMILES string of the molecule is CC(C)C1CCCC/C1=N\NC(N)=S. The summed E-state index contributed by atoms with van der Waals surface area (Å²) in [5.41, 5.74) is 9.28. The summed E-state index contributed by atoms with van der Waals surface area (Å²) in [6, 6.07) is 0. The first-order chi connectivity index (χ1) is 6.61. The third-order valence-corrected chi connectivity index (χ3v) is 2.83. The van der Waals surface area contributed by atoms with E-state index in [0.717, 1.165) is 6.42 Å². The molecule has 0 heterocycles. The fourth-order valence-electron chi connectivity index (χ4n) is 2.01. The third kappa shape index (κ3) is 3.25. The molecule has 1 atom stereocenters. The van der Waals surface area contributed by atoms with E-state index in [0.29, 0.717) is 11.8 Å². The highest BCUT2D eigenvalue weighted by Crippen LogP contribution is 2.27. The van der Waals surface area contributed by atoms with Crippen molar-refractivity contribution in [3.63, 3.8) is 0 Å². The highest BCUT2D eigenvalue weighted by atomic mass is 32.1. The Morgan fingerprint density at radius 2 is 2.29 bits per heavy atom. The largest absolute Gasteiger partial charge is 0.375 e. The van der Waals surface area contributed by atoms with Gasteiger partial charge in [0.25, 0.3) is 0 Å². The van der Waals surface area contributed by atoms with Crippen LogP contribution in [0.5, 0.6) is 0 Å². The molecule has 1 fully saturated rings. The maximum Gasteiger partial charge on any atom is 0.184 e. The van der Waals surface area contributed by atoms with E-state index in [-0.39, 0.29) is 5.11 Å². The number of thiocarbonyl (C=S) groups is 1. The topological polar surface area (TPSA) is 50.4 Å². The molecule has 0 amide bonds. The number of nitrogens with two attached hydrogens (primary N) is 1. The molecule has 0 aromatic heterocycles. The number of nitrogens with one attached hydrogen (secondary N) is 1. The molecule has 1 rings (SSSR count). The monoisotopic (exact) mass is 213 g/mol. The predicted octanol–water partition coefficient (Wildman–Crippen LogP) is 2.02. The minimum Gasteiger partial charge on any atom is -0.375 e. The molecule has 0 aromatic carbocycles. The molecule has 0 aliphatic heterocycles. The van der Waals surface area contributed by atoms with Crippen molar-refractivity contribution >= 4 is 23.0 Å². The average Bonchev–Trinajstić information content (AvgIpc) is 2.15. The summed E-state index contributed by atoms with van der Waals surface area (Å²) in [7, 11) is 0. The molecule has 3 N–H and O–H groups in total. The fourth-order valence-corrected chi connectivity index (χ4v) is 2.05. The van der Waals surface area contributed by atoms with Crippen molar-refractivity contribution in [2.24, 2.45) is 22.7 Å². The molecule has 0 aromatic rings. The summed E-state index contributed by atoms with van der Waals surface area (Å²) < 4.78 is 0. The van der Waals surface area contributed by atoms with Gasteiger partial charge in [-0.1, -0.05) is 20.3 Å². The quantitative estimate of drug-likeness (QED) is 0.545. The average molecular weight is 213 g/mol. The zero-order chi connectivity index (χ0) is 10.6. The van der Waals surface area contributed by atoms with Gasteiger partial charge in [-0.05, 0) is 37.4 Å². The minimum absolute atomic E-state index is 0.255. The van der Waals surface area contributed by atoms with Gasteiger partial charge in [-0.2, -0.15) is 5.10 Å². The number of hydrogen-bond donors (Lipinski definition) is 2. The van der Waals surface area contributed by atoms with Crippen LogP contribution in [0.3, 0.4) is 0 Å². The Balaban J connectivity index is 2.62. The smallest absolute Gasteiger partial charge is 0.184 e. The molecular weight excluding hydrogens is 194 g/mol. The summed E-state index contributed by atoms with van der Waals surface area (Å²) in [6.07, 6.45) is 4.88. The first kappa shape index (κ1) is 11.4. The zero-order valence-electron chi connectivity index (χ0n) is 8.92. The molecule has 14 heavy (non-hydrogen) atoms. The van der Waals surface area contributed by atoms with Gasteiger partial charge in [0.1, 0.15) is 0 Å². The van der Waals surface area contributed by atoms with E-state index in [4.69, 9.17) is 18.0 Å². The van der Waals surface area contributed by atoms with E-state index in [1.807, 2.05) is 0 Å². The molecule has 0 radical (unpaired) electrons. The van der Waals surface area contributed by atoms with Gasteiger partial charge >= 0.3 is 0 Å². The zero-order valence-corrected chi connectivity index (χ0v) is 9.73. The van der Waals surface area contributed by atoms with E-state index in [2.05, 4.69) is 24.4 Å². The van der Waals surface area contributed by atoms with Gasteiger partial charge in [-0.25, -0.2) is 0 Å². The molecule has 0 bridgehead atoms. The number of rotatable bonds is 2. The second-order valence-corrected chi connectivity index (χ2v) is 4.62. The summed E-state index contributed by atoms with van der Waals surface area (Å²) in [5.74, 6) is 1.26. The van der Waals surface area contributed by atoms with Crippen molar-refractivity contribution < 1.29 is 0 Å². The molecule has 1 saturated carbocycles. The van der Waals surface area contributed by atoms with Gasteiger partial charge in [0, 0.05) is 11.6 Å². The molecule has 0 spiro atoms. The predicted molar refractivity (Wildman–Crippen MR) is 64.2 cm³/mol. The van der Waals surface area contributed by atoms with E-state index in [9.17, 15) is 0 Å². The van der Waals surface area contributed by atoms with Crippen molar-refractivity contribution in [1.29, 1.82) is 0 Å². The van der Waals surface area contributed by atoms with Gasteiger partial charge in [0.05, 0.1) is 0 Å². The van der Waals surface area contributed by atoms with Gasteiger partial charge in [0.2, 0.25) is 0 Å². The second-order valence-electron chi connectivity index (χ2n) is 4.18. The van der Waals surface area contributed by atoms with Crippen molar-refractivity contribution in [2.45, 2.75) is 39.5 Å². The lowest BCUT2D eigenvalue weighted by Gasteiger charge is -2.27. The van der Waals surface area contributed by atoms with E-state index in [1.165, 1.54) is 25.0 Å². The van der Waals surface area contributed by atoms with Crippen LogP contribution in [0.15, 0.2) is 5.10 Å². The maximum atomic E-state index is 5.34. The first-order valence-corrected chi connectivity index (χ1v) is 5.64. The van der Waals surface area contributed by atoms with E-state index >= 15 is 0 Å². The molecule has 3 nitrogen and oxygen atoms in total. The van der Waals surface area contributed by atoms with Crippen LogP contribution >= 0.6 is 12.2 Å². The van der Waals surface area contributed by atoms with Crippen molar-refractivity contribution in [3.8, 4) is 0 Å². The Labute approximate surface area is 91.1 Å². The summed E-state index contributed by atoms with van der Waals surface area (Å²) in [6.45, 7) is 4.48. The van der Waals surface area contributed by atoms with Gasteiger partial charge in [-0.3, -0.25) is 5.43 Å². The van der Waals surface area contributed by atoms with Crippen LogP contribution in [0, 0.1) is 11.8 Å². The first-order valence-electron chi connectivity index (χ1n) is 5.23. The van der Waals surface area contributed by atoms with Gasteiger partial charge in [0.15, 0.2) is 5.11 Å². The standard InChI is InChI=1S/C10H19N3S/c1-7(2)8-5-3-4-6-9(8)12-13-10(11)14/h7-8H,3-6H2,1-2H3,(H3,11,13,14)/b12-9+. The lowest BCUT2D eigenvalue weighted by Crippen LogP contribution is -2.30. The highest BCUT2D eigenvalue weighted by Gasteiger charge is 2.23. The molecule has 80 valence electrons. The van der Waals surface area contributed by atoms with Gasteiger partial charge < -0.3 is 5.73 Å². The molecule has 0 saturated heterocycles. The minimum atomic E-state index is 0.255. The Morgan fingerprint density at radius 1 is 1.57 bits per heavy atom. The van der Waals surface area contributed by atoms with Crippen LogP contribution < -0.4 is 11.2 Å². The van der Waals surface area contributed by atoms with Crippen LogP contribution in [-0.2, 0) is 0 Å². The van der Waals surface area contributed by atoms with Crippen LogP contribution in [0.25, 0.3) is 0 Å². The normalized spacial score (nSPS) is 25.4. The van der Waals surface area contributed by atoms with Crippen LogP contribution in [0.2, 0.25) is 0 Å². The number of nitrogens with zero attached hydrogens (tertiary/aromatic N) is 1. The molecule has 1 unspecified atom stereocenters. The van der Waals surface area contributed by atoms with Crippen molar-refractivity contribution in [1.82, 2.24) is 5.43 Å². The fraction of sp³-hybridized carbons (Fsp3) is 0.800. The number of hydrogen-bond acceptors (Lipinski definition) is 2. The Kier molecular flexibility index (Phi) is 4.32. The second kappa shape index (κ2) is 5.29.